The summed E-state index contributed by atoms with van der Waals surface area (Å²) in [6, 6.07) is 7.58. The summed E-state index contributed by atoms with van der Waals surface area (Å²) in [5.41, 5.74) is 6.84. The van der Waals surface area contributed by atoms with Crippen molar-refractivity contribution in [1.82, 2.24) is 10.3 Å². The molecule has 8 heteroatoms. The Labute approximate surface area is 216 Å². The van der Waals surface area contributed by atoms with Gasteiger partial charge in [-0.3, -0.25) is 14.6 Å². The van der Waals surface area contributed by atoms with Crippen molar-refractivity contribution in [3.63, 3.8) is 0 Å². The van der Waals surface area contributed by atoms with Crippen molar-refractivity contribution in [3.05, 3.63) is 59.1 Å². The second kappa shape index (κ2) is 9.42. The lowest BCUT2D eigenvalue weighted by Gasteiger charge is -2.60. The first-order valence-electron chi connectivity index (χ1n) is 12.8. The highest BCUT2D eigenvalue weighted by Gasteiger charge is 2.60. The van der Waals surface area contributed by atoms with Crippen molar-refractivity contribution in [1.29, 1.82) is 0 Å². The molecule has 4 saturated carbocycles. The number of carbonyl (C=O) groups is 2. The number of halogens is 2. The summed E-state index contributed by atoms with van der Waals surface area (Å²) >= 11 is 5.90. The topological polar surface area (TPSA) is 97.1 Å². The standard InChI is InChI=1S/C28H34ClFN4O2/c1-27(2,21-4-3-19(29)11-22(21)30)15-33-25(35)24(31)23-17-9-16-10-18(23)14-28(12-16,13-17)26(36)34-20-5-7-32-8-6-20/h3-8,11,16-18,23-24H,9-10,12-15,31H2,1-2H3,(H,33,35)(H,32,34,36). The van der Waals surface area contributed by atoms with Gasteiger partial charge in [0.25, 0.3) is 0 Å². The van der Waals surface area contributed by atoms with Crippen molar-refractivity contribution in [2.24, 2.45) is 34.8 Å². The third-order valence-corrected chi connectivity index (χ3v) is 9.08. The monoisotopic (exact) mass is 512 g/mol. The maximum Gasteiger partial charge on any atom is 0.237 e. The lowest BCUT2D eigenvalue weighted by atomic mass is 9.45. The number of aromatic nitrogens is 1. The number of rotatable bonds is 7. The Morgan fingerprint density at radius 2 is 1.83 bits per heavy atom. The van der Waals surface area contributed by atoms with Crippen molar-refractivity contribution in [3.8, 4) is 0 Å². The van der Waals surface area contributed by atoms with Crippen molar-refractivity contribution in [2.75, 3.05) is 11.9 Å². The van der Waals surface area contributed by atoms with Crippen LogP contribution in [-0.4, -0.2) is 29.4 Å². The van der Waals surface area contributed by atoms with Crippen molar-refractivity contribution >= 4 is 29.1 Å². The van der Waals surface area contributed by atoms with E-state index in [1.165, 1.54) is 6.07 Å². The SMILES string of the molecule is CC(C)(CNC(=O)C(N)C1C2CC3CC1CC(C(=O)Nc1ccncc1)(C3)C2)c1ccc(Cl)cc1F. The third-order valence-electron chi connectivity index (χ3n) is 8.85. The predicted octanol–water partition coefficient (Wildman–Crippen LogP) is 4.68. The van der Waals surface area contributed by atoms with Crippen LogP contribution in [0.5, 0.6) is 0 Å². The maximum absolute atomic E-state index is 14.5. The van der Waals surface area contributed by atoms with E-state index in [2.05, 4.69) is 15.6 Å². The normalized spacial score (nSPS) is 29.6. The van der Waals surface area contributed by atoms with E-state index in [1.807, 2.05) is 13.8 Å². The van der Waals surface area contributed by atoms with Gasteiger partial charge in [0.05, 0.1) is 11.5 Å². The summed E-state index contributed by atoms with van der Waals surface area (Å²) in [6.45, 7) is 4.04. The fourth-order valence-corrected chi connectivity index (χ4v) is 7.52. The summed E-state index contributed by atoms with van der Waals surface area (Å²) in [7, 11) is 0. The van der Waals surface area contributed by atoms with Crippen LogP contribution in [0.15, 0.2) is 42.7 Å². The van der Waals surface area contributed by atoms with Gasteiger partial charge in [-0.2, -0.15) is 0 Å². The van der Waals surface area contributed by atoms with Crippen LogP contribution < -0.4 is 16.4 Å². The molecule has 4 bridgehead atoms. The van der Waals surface area contributed by atoms with Crippen molar-refractivity contribution < 1.29 is 14.0 Å². The molecule has 3 atom stereocenters. The Hall–Kier alpha value is -2.51. The van der Waals surface area contributed by atoms with E-state index in [0.29, 0.717) is 16.5 Å². The predicted molar refractivity (Wildman–Crippen MR) is 138 cm³/mol. The van der Waals surface area contributed by atoms with E-state index >= 15 is 0 Å². The first-order chi connectivity index (χ1) is 17.1. The molecule has 0 spiro atoms. The summed E-state index contributed by atoms with van der Waals surface area (Å²) in [5.74, 6) is 0.551. The highest BCUT2D eigenvalue weighted by molar-refractivity contribution is 6.30. The quantitative estimate of drug-likeness (QED) is 0.502. The van der Waals surface area contributed by atoms with Gasteiger partial charge in [0, 0.05) is 35.1 Å². The molecular formula is C28H34ClFN4O2. The lowest BCUT2D eigenvalue weighted by molar-refractivity contribution is -0.151. The highest BCUT2D eigenvalue weighted by atomic mass is 35.5. The minimum atomic E-state index is -0.647. The van der Waals surface area contributed by atoms with E-state index in [4.69, 9.17) is 17.3 Å². The van der Waals surface area contributed by atoms with Crippen LogP contribution in [0.3, 0.4) is 0 Å². The van der Waals surface area contributed by atoms with Gasteiger partial charge in [-0.1, -0.05) is 31.5 Å². The van der Waals surface area contributed by atoms with E-state index in [0.717, 1.165) is 37.8 Å². The molecule has 2 aromatic rings. The Morgan fingerprint density at radius 3 is 2.47 bits per heavy atom. The molecule has 1 aromatic carbocycles. The number of nitrogens with one attached hydrogen (secondary N) is 2. The average molecular weight is 513 g/mol. The molecule has 192 valence electrons. The molecule has 4 N–H and O–H groups in total. The van der Waals surface area contributed by atoms with Gasteiger partial charge in [-0.05, 0) is 85.6 Å². The molecule has 4 aliphatic rings. The first-order valence-corrected chi connectivity index (χ1v) is 13.2. The number of nitrogens with zero attached hydrogens (tertiary/aromatic N) is 1. The number of hydrogen-bond donors (Lipinski definition) is 3. The summed E-state index contributed by atoms with van der Waals surface area (Å²) in [4.78, 5) is 30.6. The van der Waals surface area contributed by atoms with E-state index in [-0.39, 0.29) is 47.3 Å². The average Bonchev–Trinajstić information content (AvgIpc) is 2.82. The molecule has 2 amide bonds. The van der Waals surface area contributed by atoms with Crippen LogP contribution in [0.4, 0.5) is 10.1 Å². The molecule has 6 nitrogen and oxygen atoms in total. The molecule has 4 aliphatic carbocycles. The van der Waals surface area contributed by atoms with Gasteiger partial charge >= 0.3 is 0 Å². The fraction of sp³-hybridized carbons (Fsp3) is 0.536. The highest BCUT2D eigenvalue weighted by Crippen LogP contribution is 2.63. The zero-order valence-corrected chi connectivity index (χ0v) is 21.5. The number of hydrogen-bond acceptors (Lipinski definition) is 4. The fourth-order valence-electron chi connectivity index (χ4n) is 7.36. The van der Waals surface area contributed by atoms with E-state index in [9.17, 15) is 14.0 Å². The van der Waals surface area contributed by atoms with Crippen LogP contribution in [0, 0.1) is 34.9 Å². The second-order valence-corrected chi connectivity index (χ2v) is 12.2. The Kier molecular flexibility index (Phi) is 6.58. The number of anilines is 1. The molecular weight excluding hydrogens is 479 g/mol. The van der Waals surface area contributed by atoms with Crippen LogP contribution in [0.2, 0.25) is 5.02 Å². The number of nitrogens with two attached hydrogens (primary N) is 1. The van der Waals surface area contributed by atoms with E-state index in [1.54, 1.807) is 36.7 Å². The Morgan fingerprint density at radius 1 is 1.17 bits per heavy atom. The molecule has 36 heavy (non-hydrogen) atoms. The summed E-state index contributed by atoms with van der Waals surface area (Å²) in [5, 5.41) is 6.43. The Balaban J connectivity index is 1.25. The zero-order valence-electron chi connectivity index (χ0n) is 20.8. The lowest BCUT2D eigenvalue weighted by Crippen LogP contribution is -2.61. The summed E-state index contributed by atoms with van der Waals surface area (Å²) < 4.78 is 14.5. The third kappa shape index (κ3) is 4.63. The van der Waals surface area contributed by atoms with Gasteiger partial charge in [0.15, 0.2) is 0 Å². The molecule has 0 saturated heterocycles. The van der Waals surface area contributed by atoms with Gasteiger partial charge in [0.2, 0.25) is 11.8 Å². The summed E-state index contributed by atoms with van der Waals surface area (Å²) in [6.07, 6.45) is 7.83. The molecule has 4 fully saturated rings. The first kappa shape index (κ1) is 25.2. The number of amides is 2. The van der Waals surface area contributed by atoms with Crippen molar-refractivity contribution in [2.45, 2.75) is 57.4 Å². The minimum absolute atomic E-state index is 0.0544. The van der Waals surface area contributed by atoms with Crippen LogP contribution in [0.25, 0.3) is 0 Å². The van der Waals surface area contributed by atoms with E-state index < -0.39 is 11.5 Å². The number of carbonyl (C=O) groups excluding carboxylic acids is 2. The maximum atomic E-state index is 14.5. The van der Waals surface area contributed by atoms with Gasteiger partial charge in [-0.15, -0.1) is 0 Å². The molecule has 1 aromatic heterocycles. The molecule has 6 rings (SSSR count). The van der Waals surface area contributed by atoms with Gasteiger partial charge < -0.3 is 16.4 Å². The largest absolute Gasteiger partial charge is 0.354 e. The van der Waals surface area contributed by atoms with Gasteiger partial charge in [0.1, 0.15) is 5.82 Å². The van der Waals surface area contributed by atoms with Gasteiger partial charge in [-0.25, -0.2) is 4.39 Å². The molecule has 1 heterocycles. The van der Waals surface area contributed by atoms with Crippen LogP contribution >= 0.6 is 11.6 Å². The molecule has 3 unspecified atom stereocenters. The smallest absolute Gasteiger partial charge is 0.237 e. The number of pyridine rings is 1. The minimum Gasteiger partial charge on any atom is -0.354 e. The Bertz CT molecular complexity index is 1140. The molecule has 0 aliphatic heterocycles. The second-order valence-electron chi connectivity index (χ2n) is 11.8. The van der Waals surface area contributed by atoms with Crippen LogP contribution in [0.1, 0.15) is 51.5 Å². The number of benzene rings is 1. The molecule has 0 radical (unpaired) electrons. The zero-order chi connectivity index (χ0) is 25.7. The van der Waals surface area contributed by atoms with Crippen LogP contribution in [-0.2, 0) is 15.0 Å².